The number of amides is 1. The van der Waals surface area contributed by atoms with Crippen LogP contribution in [0.5, 0.6) is 0 Å². The number of aryl methyl sites for hydroxylation is 1. The lowest BCUT2D eigenvalue weighted by molar-refractivity contribution is -0.121. The minimum atomic E-state index is 0.117. The lowest BCUT2D eigenvalue weighted by Crippen LogP contribution is -2.38. The van der Waals surface area contributed by atoms with Crippen LogP contribution < -0.4 is 11.1 Å². The topological polar surface area (TPSA) is 70.9 Å². The highest BCUT2D eigenvalue weighted by molar-refractivity contribution is 5.83. The lowest BCUT2D eigenvalue weighted by Gasteiger charge is -2.11. The van der Waals surface area contributed by atoms with Crippen molar-refractivity contribution in [3.05, 3.63) is 36.0 Å². The summed E-state index contributed by atoms with van der Waals surface area (Å²) in [4.78, 5) is 15.1. The van der Waals surface area contributed by atoms with Crippen molar-refractivity contribution >= 4 is 16.8 Å². The molecule has 2 aromatic rings. The van der Waals surface area contributed by atoms with Crippen molar-refractivity contribution in [2.75, 3.05) is 6.54 Å². The molecule has 1 atom stereocenters. The van der Waals surface area contributed by atoms with Gasteiger partial charge in [0.15, 0.2) is 0 Å². The van der Waals surface area contributed by atoms with Crippen LogP contribution in [-0.2, 0) is 11.2 Å². The van der Waals surface area contributed by atoms with E-state index in [4.69, 9.17) is 5.73 Å². The molecule has 0 aliphatic heterocycles. The number of H-pyrrole nitrogens is 1. The van der Waals surface area contributed by atoms with Gasteiger partial charge in [-0.1, -0.05) is 18.2 Å². The third kappa shape index (κ3) is 3.64. The van der Waals surface area contributed by atoms with Crippen LogP contribution in [0.15, 0.2) is 30.5 Å². The second-order valence-corrected chi connectivity index (χ2v) is 6.02. The number of aromatic nitrogens is 1. The van der Waals surface area contributed by atoms with Crippen molar-refractivity contribution < 1.29 is 4.79 Å². The van der Waals surface area contributed by atoms with E-state index in [0.717, 1.165) is 18.4 Å². The largest absolute Gasteiger partial charge is 0.361 e. The molecule has 1 aromatic heterocycles. The Bertz CT molecular complexity index is 615. The number of carbonyl (C=O) groups is 1. The van der Waals surface area contributed by atoms with Gasteiger partial charge in [0, 0.05) is 36.1 Å². The van der Waals surface area contributed by atoms with E-state index >= 15 is 0 Å². The van der Waals surface area contributed by atoms with Gasteiger partial charge in [-0.15, -0.1) is 0 Å². The fourth-order valence-electron chi connectivity index (χ4n) is 2.79. The molecule has 1 amide bonds. The number of fused-ring (bicyclic) bond motifs is 1. The van der Waals surface area contributed by atoms with Crippen LogP contribution in [0, 0.1) is 5.92 Å². The molecule has 4 N–H and O–H groups in total. The van der Waals surface area contributed by atoms with Crippen LogP contribution in [0.2, 0.25) is 0 Å². The number of nitrogens with one attached hydrogen (secondary N) is 2. The second-order valence-electron chi connectivity index (χ2n) is 6.02. The van der Waals surface area contributed by atoms with Crippen LogP contribution in [-0.4, -0.2) is 23.5 Å². The Kier molecular flexibility index (Phi) is 4.25. The highest BCUT2D eigenvalue weighted by atomic mass is 16.1. The molecule has 4 heteroatoms. The maximum atomic E-state index is 11.8. The molecule has 1 saturated carbocycles. The average molecular weight is 285 g/mol. The summed E-state index contributed by atoms with van der Waals surface area (Å²) in [7, 11) is 0. The summed E-state index contributed by atoms with van der Waals surface area (Å²) in [6.07, 6.45) is 6.84. The number of hydrogen-bond acceptors (Lipinski definition) is 2. The molecule has 1 unspecified atom stereocenters. The van der Waals surface area contributed by atoms with Crippen LogP contribution >= 0.6 is 0 Å². The van der Waals surface area contributed by atoms with Crippen LogP contribution in [0.25, 0.3) is 10.9 Å². The zero-order valence-electron chi connectivity index (χ0n) is 12.3. The fourth-order valence-corrected chi connectivity index (χ4v) is 2.79. The number of para-hydroxylation sites is 1. The Hall–Kier alpha value is -1.81. The van der Waals surface area contributed by atoms with E-state index in [-0.39, 0.29) is 11.9 Å². The van der Waals surface area contributed by atoms with Gasteiger partial charge < -0.3 is 16.0 Å². The van der Waals surface area contributed by atoms with Gasteiger partial charge >= 0.3 is 0 Å². The van der Waals surface area contributed by atoms with Gasteiger partial charge in [-0.3, -0.25) is 4.79 Å². The maximum absolute atomic E-state index is 11.8. The highest BCUT2D eigenvalue weighted by Gasteiger charge is 2.28. The van der Waals surface area contributed by atoms with Gasteiger partial charge in [0.1, 0.15) is 0 Å². The highest BCUT2D eigenvalue weighted by Crippen LogP contribution is 2.31. The summed E-state index contributed by atoms with van der Waals surface area (Å²) in [6.45, 7) is 0.622. The molecule has 1 aliphatic rings. The van der Waals surface area contributed by atoms with Gasteiger partial charge in [0.25, 0.3) is 0 Å². The SMILES string of the molecule is NC(CNC(=O)CCCc1c[nH]c2ccccc12)C1CC1. The van der Waals surface area contributed by atoms with Crippen molar-refractivity contribution in [1.29, 1.82) is 0 Å². The summed E-state index contributed by atoms with van der Waals surface area (Å²) in [5.41, 5.74) is 8.42. The quantitative estimate of drug-likeness (QED) is 0.730. The number of benzene rings is 1. The molecular formula is C17H23N3O. The van der Waals surface area contributed by atoms with Gasteiger partial charge in [-0.25, -0.2) is 0 Å². The van der Waals surface area contributed by atoms with Crippen LogP contribution in [0.1, 0.15) is 31.2 Å². The van der Waals surface area contributed by atoms with E-state index in [0.29, 0.717) is 18.9 Å². The van der Waals surface area contributed by atoms with E-state index in [9.17, 15) is 4.79 Å². The number of aromatic amines is 1. The molecule has 1 aliphatic carbocycles. The first-order valence-electron chi connectivity index (χ1n) is 7.81. The summed E-state index contributed by atoms with van der Waals surface area (Å²) in [5, 5.41) is 4.21. The van der Waals surface area contributed by atoms with Crippen molar-refractivity contribution in [2.45, 2.75) is 38.1 Å². The Morgan fingerprint density at radius 2 is 2.19 bits per heavy atom. The lowest BCUT2D eigenvalue weighted by atomic mass is 10.1. The van der Waals surface area contributed by atoms with Crippen molar-refractivity contribution in [3.8, 4) is 0 Å². The molecule has 0 saturated heterocycles. The molecule has 1 fully saturated rings. The fraction of sp³-hybridized carbons (Fsp3) is 0.471. The van der Waals surface area contributed by atoms with Gasteiger partial charge in [-0.05, 0) is 43.2 Å². The molecule has 0 bridgehead atoms. The van der Waals surface area contributed by atoms with Crippen LogP contribution in [0.4, 0.5) is 0 Å². The standard InChI is InChI=1S/C17H23N3O/c18-15(12-8-9-12)11-20-17(21)7-3-4-13-10-19-16-6-2-1-5-14(13)16/h1-2,5-6,10,12,15,19H,3-4,7-9,11,18H2,(H,20,21). The van der Waals surface area contributed by atoms with Crippen molar-refractivity contribution in [2.24, 2.45) is 11.7 Å². The first-order chi connectivity index (χ1) is 10.2. The Balaban J connectivity index is 1.42. The van der Waals surface area contributed by atoms with Gasteiger partial charge in [-0.2, -0.15) is 0 Å². The third-order valence-corrected chi connectivity index (χ3v) is 4.29. The van der Waals surface area contributed by atoms with E-state index in [2.05, 4.69) is 22.4 Å². The smallest absolute Gasteiger partial charge is 0.220 e. The first-order valence-corrected chi connectivity index (χ1v) is 7.81. The van der Waals surface area contributed by atoms with Crippen LogP contribution in [0.3, 0.4) is 0 Å². The Labute approximate surface area is 125 Å². The monoisotopic (exact) mass is 285 g/mol. The molecule has 1 aromatic carbocycles. The summed E-state index contributed by atoms with van der Waals surface area (Å²) < 4.78 is 0. The molecular weight excluding hydrogens is 262 g/mol. The molecule has 0 spiro atoms. The van der Waals surface area contributed by atoms with Crippen molar-refractivity contribution in [1.82, 2.24) is 10.3 Å². The predicted octanol–water partition coefficient (Wildman–Crippen LogP) is 2.34. The number of carbonyl (C=O) groups excluding carboxylic acids is 1. The summed E-state index contributed by atoms with van der Waals surface area (Å²) in [6, 6.07) is 8.41. The zero-order valence-corrected chi connectivity index (χ0v) is 12.3. The molecule has 0 radical (unpaired) electrons. The molecule has 21 heavy (non-hydrogen) atoms. The van der Waals surface area contributed by atoms with Crippen molar-refractivity contribution in [3.63, 3.8) is 0 Å². The molecule has 1 heterocycles. The minimum absolute atomic E-state index is 0.117. The molecule has 4 nitrogen and oxygen atoms in total. The van der Waals surface area contributed by atoms with E-state index in [1.807, 2.05) is 18.3 Å². The minimum Gasteiger partial charge on any atom is -0.361 e. The van der Waals surface area contributed by atoms with Gasteiger partial charge in [0.2, 0.25) is 5.91 Å². The summed E-state index contributed by atoms with van der Waals surface area (Å²) >= 11 is 0. The normalized spacial score (nSPS) is 16.0. The number of hydrogen-bond donors (Lipinski definition) is 3. The number of nitrogens with two attached hydrogens (primary N) is 1. The second kappa shape index (κ2) is 6.31. The first kappa shape index (κ1) is 14.1. The maximum Gasteiger partial charge on any atom is 0.220 e. The van der Waals surface area contributed by atoms with E-state index < -0.39 is 0 Å². The Morgan fingerprint density at radius 3 is 3.00 bits per heavy atom. The average Bonchev–Trinajstić information content (AvgIpc) is 3.27. The van der Waals surface area contributed by atoms with E-state index in [1.54, 1.807) is 0 Å². The molecule has 3 rings (SSSR count). The third-order valence-electron chi connectivity index (χ3n) is 4.29. The Morgan fingerprint density at radius 1 is 1.38 bits per heavy atom. The number of rotatable bonds is 7. The van der Waals surface area contributed by atoms with E-state index in [1.165, 1.54) is 23.8 Å². The zero-order chi connectivity index (χ0) is 14.7. The summed E-state index contributed by atoms with van der Waals surface area (Å²) in [5.74, 6) is 0.752. The van der Waals surface area contributed by atoms with Gasteiger partial charge in [0.05, 0.1) is 0 Å². The predicted molar refractivity (Wildman–Crippen MR) is 84.9 cm³/mol. The molecule has 112 valence electrons.